The van der Waals surface area contributed by atoms with Crippen molar-refractivity contribution in [1.82, 2.24) is 0 Å². The van der Waals surface area contributed by atoms with Gasteiger partial charge in [-0.1, -0.05) is 0 Å². The normalized spacial score (nSPS) is 10.0. The van der Waals surface area contributed by atoms with Crippen molar-refractivity contribution in [2.75, 3.05) is 17.2 Å². The van der Waals surface area contributed by atoms with E-state index in [1.54, 1.807) is 42.6 Å². The third kappa shape index (κ3) is 4.57. The monoisotopic (exact) mass is 368 g/mol. The Morgan fingerprint density at radius 1 is 1.19 bits per heavy atom. The van der Waals surface area contributed by atoms with E-state index in [1.165, 1.54) is 11.3 Å². The van der Waals surface area contributed by atoms with E-state index in [2.05, 4.69) is 26.6 Å². The summed E-state index contributed by atoms with van der Waals surface area (Å²) in [5.41, 5.74) is 1.85. The van der Waals surface area contributed by atoms with Crippen LogP contribution >= 0.6 is 27.3 Å². The van der Waals surface area contributed by atoms with Crippen molar-refractivity contribution in [2.45, 2.75) is 6.92 Å². The molecule has 21 heavy (non-hydrogen) atoms. The maximum atomic E-state index is 12.0. The van der Waals surface area contributed by atoms with E-state index in [-0.39, 0.29) is 5.91 Å². The molecule has 1 aromatic carbocycles. The molecule has 0 spiro atoms. The molecule has 0 aliphatic rings. The van der Waals surface area contributed by atoms with Gasteiger partial charge in [0.25, 0.3) is 5.91 Å². The first-order valence-electron chi connectivity index (χ1n) is 6.17. The molecule has 2 aromatic rings. The first-order chi connectivity index (χ1) is 10.1. The lowest BCUT2D eigenvalue weighted by Crippen LogP contribution is -2.13. The fourth-order valence-corrected chi connectivity index (χ4v) is 2.69. The van der Waals surface area contributed by atoms with Crippen LogP contribution in [-0.2, 0) is 4.74 Å². The quantitative estimate of drug-likeness (QED) is 0.843. The zero-order valence-corrected chi connectivity index (χ0v) is 13.6. The highest BCUT2D eigenvalue weighted by Gasteiger charge is 2.08. The molecule has 0 fully saturated rings. The summed E-state index contributed by atoms with van der Waals surface area (Å²) in [5.74, 6) is -0.178. The predicted octanol–water partition coefficient (Wildman–Crippen LogP) is 4.33. The Morgan fingerprint density at radius 2 is 1.81 bits per heavy atom. The van der Waals surface area contributed by atoms with Crippen molar-refractivity contribution >= 4 is 50.6 Å². The zero-order valence-electron chi connectivity index (χ0n) is 11.2. The molecule has 0 saturated heterocycles. The molecule has 0 radical (unpaired) electrons. The molecular weight excluding hydrogens is 356 g/mol. The molecule has 0 aliphatic carbocycles. The average Bonchev–Trinajstić information content (AvgIpc) is 2.88. The molecule has 0 bridgehead atoms. The fraction of sp³-hybridized carbons (Fsp3) is 0.143. The molecule has 110 valence electrons. The number of hydrogen-bond acceptors (Lipinski definition) is 4. The lowest BCUT2D eigenvalue weighted by molar-refractivity contribution is 0.102. The maximum Gasteiger partial charge on any atom is 0.411 e. The van der Waals surface area contributed by atoms with Crippen molar-refractivity contribution in [3.05, 3.63) is 45.1 Å². The summed E-state index contributed by atoms with van der Waals surface area (Å²) >= 11 is 4.77. The Balaban J connectivity index is 1.96. The van der Waals surface area contributed by atoms with Gasteiger partial charge in [-0.3, -0.25) is 10.1 Å². The first-order valence-corrected chi connectivity index (χ1v) is 7.85. The third-order valence-corrected chi connectivity index (χ3v) is 4.00. The van der Waals surface area contributed by atoms with E-state index in [0.29, 0.717) is 23.5 Å². The highest BCUT2D eigenvalue weighted by atomic mass is 79.9. The summed E-state index contributed by atoms with van der Waals surface area (Å²) in [6.45, 7) is 2.05. The van der Waals surface area contributed by atoms with Crippen molar-refractivity contribution in [2.24, 2.45) is 0 Å². The topological polar surface area (TPSA) is 67.4 Å². The van der Waals surface area contributed by atoms with E-state index < -0.39 is 6.09 Å². The molecule has 2 amide bonds. The number of hydrogen-bond donors (Lipinski definition) is 2. The van der Waals surface area contributed by atoms with Gasteiger partial charge >= 0.3 is 6.09 Å². The van der Waals surface area contributed by atoms with Crippen LogP contribution in [0.1, 0.15) is 17.3 Å². The van der Waals surface area contributed by atoms with E-state index in [1.807, 2.05) is 0 Å². The number of nitrogens with one attached hydrogen (secondary N) is 2. The van der Waals surface area contributed by atoms with E-state index in [9.17, 15) is 9.59 Å². The van der Waals surface area contributed by atoms with Crippen LogP contribution in [0.2, 0.25) is 0 Å². The lowest BCUT2D eigenvalue weighted by Gasteiger charge is -2.07. The predicted molar refractivity (Wildman–Crippen MR) is 87.1 cm³/mol. The summed E-state index contributed by atoms with van der Waals surface area (Å²) in [6.07, 6.45) is -0.502. The van der Waals surface area contributed by atoms with Gasteiger partial charge in [0, 0.05) is 16.8 Å². The number of halogens is 1. The molecule has 5 nitrogen and oxygen atoms in total. The second-order valence-electron chi connectivity index (χ2n) is 4.02. The van der Waals surface area contributed by atoms with Crippen molar-refractivity contribution < 1.29 is 14.3 Å². The number of anilines is 2. The highest BCUT2D eigenvalue weighted by molar-refractivity contribution is 9.11. The van der Waals surface area contributed by atoms with Crippen molar-refractivity contribution in [1.29, 1.82) is 0 Å². The number of carbonyl (C=O) groups is 2. The highest BCUT2D eigenvalue weighted by Crippen LogP contribution is 2.22. The minimum atomic E-state index is -0.502. The minimum absolute atomic E-state index is 0.178. The van der Waals surface area contributed by atoms with E-state index >= 15 is 0 Å². The lowest BCUT2D eigenvalue weighted by atomic mass is 10.2. The molecule has 0 atom stereocenters. The molecule has 2 N–H and O–H groups in total. The van der Waals surface area contributed by atoms with E-state index in [0.717, 1.165) is 3.79 Å². The second kappa shape index (κ2) is 7.24. The molecule has 0 aliphatic heterocycles. The molecule has 0 unspecified atom stereocenters. The molecule has 1 heterocycles. The summed E-state index contributed by atoms with van der Waals surface area (Å²) < 4.78 is 5.68. The molecule has 2 rings (SSSR count). The van der Waals surface area contributed by atoms with Gasteiger partial charge in [-0.05, 0) is 53.2 Å². The molecule has 7 heteroatoms. The average molecular weight is 369 g/mol. The van der Waals surface area contributed by atoms with Crippen LogP contribution < -0.4 is 10.6 Å². The largest absolute Gasteiger partial charge is 0.450 e. The van der Waals surface area contributed by atoms with Crippen LogP contribution in [0.5, 0.6) is 0 Å². The van der Waals surface area contributed by atoms with Crippen LogP contribution in [-0.4, -0.2) is 18.6 Å². The summed E-state index contributed by atoms with van der Waals surface area (Å²) in [7, 11) is 0. The van der Waals surface area contributed by atoms with Gasteiger partial charge in [-0.2, -0.15) is 0 Å². The molecular formula is C14H13BrN2O3S. The number of benzene rings is 1. The van der Waals surface area contributed by atoms with Crippen LogP contribution in [0, 0.1) is 0 Å². The second-order valence-corrected chi connectivity index (χ2v) is 6.31. The minimum Gasteiger partial charge on any atom is -0.450 e. The molecule has 0 saturated carbocycles. The van der Waals surface area contributed by atoms with Gasteiger partial charge in [0.2, 0.25) is 0 Å². The van der Waals surface area contributed by atoms with Gasteiger partial charge < -0.3 is 10.1 Å². The number of carbonyl (C=O) groups excluding carboxylic acids is 2. The number of thiophene rings is 1. The number of amides is 2. The SMILES string of the molecule is CCOC(=O)Nc1ccc(NC(=O)c2csc(Br)c2)cc1. The van der Waals surface area contributed by atoms with Gasteiger partial charge in [0.15, 0.2) is 0 Å². The number of rotatable bonds is 4. The van der Waals surface area contributed by atoms with Gasteiger partial charge in [0.1, 0.15) is 0 Å². The Morgan fingerprint density at radius 3 is 2.33 bits per heavy atom. The zero-order chi connectivity index (χ0) is 15.2. The van der Waals surface area contributed by atoms with Gasteiger partial charge in [-0.15, -0.1) is 11.3 Å². The van der Waals surface area contributed by atoms with Crippen molar-refractivity contribution in [3.8, 4) is 0 Å². The van der Waals surface area contributed by atoms with E-state index in [4.69, 9.17) is 4.74 Å². The van der Waals surface area contributed by atoms with Crippen LogP contribution in [0.15, 0.2) is 39.5 Å². The Bertz CT molecular complexity index is 640. The third-order valence-electron chi connectivity index (χ3n) is 2.49. The van der Waals surface area contributed by atoms with Crippen LogP contribution in [0.25, 0.3) is 0 Å². The summed E-state index contributed by atoms with van der Waals surface area (Å²) in [6, 6.07) is 8.56. The van der Waals surface area contributed by atoms with Crippen molar-refractivity contribution in [3.63, 3.8) is 0 Å². The van der Waals surface area contributed by atoms with Crippen LogP contribution in [0.3, 0.4) is 0 Å². The Hall–Kier alpha value is -1.86. The Labute approximate surface area is 134 Å². The molecule has 1 aromatic heterocycles. The van der Waals surface area contributed by atoms with Gasteiger partial charge in [-0.25, -0.2) is 4.79 Å². The maximum absolute atomic E-state index is 12.0. The fourth-order valence-electron chi connectivity index (χ4n) is 1.55. The summed E-state index contributed by atoms with van der Waals surface area (Å²) in [5, 5.41) is 7.13. The standard InChI is InChI=1S/C14H13BrN2O3S/c1-2-20-14(19)17-11-5-3-10(4-6-11)16-13(18)9-7-12(15)21-8-9/h3-8H,2H2,1H3,(H,16,18)(H,17,19). The smallest absolute Gasteiger partial charge is 0.411 e. The first kappa shape index (κ1) is 15.5. The summed E-state index contributed by atoms with van der Waals surface area (Å²) in [4.78, 5) is 23.2. The van der Waals surface area contributed by atoms with Gasteiger partial charge in [0.05, 0.1) is 16.0 Å². The number of ether oxygens (including phenoxy) is 1. The Kier molecular flexibility index (Phi) is 5.35. The van der Waals surface area contributed by atoms with Crippen LogP contribution in [0.4, 0.5) is 16.2 Å².